The molecule has 1 aliphatic heterocycles. The second-order valence-electron chi connectivity index (χ2n) is 6.47. The lowest BCUT2D eigenvalue weighted by atomic mass is 10.00. The van der Waals surface area contributed by atoms with Crippen LogP contribution < -0.4 is 10.6 Å². The molecule has 0 aliphatic carbocycles. The fraction of sp³-hybridized carbons (Fsp3) is 0.0909. The summed E-state index contributed by atoms with van der Waals surface area (Å²) < 4.78 is 27.4. The molecule has 0 aromatic heterocycles. The van der Waals surface area contributed by atoms with Crippen LogP contribution in [0.3, 0.4) is 0 Å². The molecule has 0 bridgehead atoms. The summed E-state index contributed by atoms with van der Waals surface area (Å²) in [4.78, 5) is 19.3. The first-order valence-corrected chi connectivity index (χ1v) is 10.3. The minimum Gasteiger partial charge on any atom is -0.302 e. The van der Waals surface area contributed by atoms with Crippen LogP contribution in [0.5, 0.6) is 0 Å². The molecule has 1 amide bonds. The quantitative estimate of drug-likeness (QED) is 0.722. The van der Waals surface area contributed by atoms with E-state index in [4.69, 9.17) is 5.73 Å². The summed E-state index contributed by atoms with van der Waals surface area (Å²) in [5, 5.41) is 0. The second-order valence-corrected chi connectivity index (χ2v) is 7.89. The third-order valence-electron chi connectivity index (χ3n) is 4.62. The van der Waals surface area contributed by atoms with Crippen molar-refractivity contribution < 1.29 is 13.4 Å². The van der Waals surface area contributed by atoms with E-state index in [0.717, 1.165) is 0 Å². The van der Waals surface area contributed by atoms with Gasteiger partial charge in [0, 0.05) is 16.0 Å². The highest BCUT2D eigenvalue weighted by Gasteiger charge is 2.31. The van der Waals surface area contributed by atoms with Crippen LogP contribution in [0.25, 0.3) is 0 Å². The molecule has 146 valence electrons. The average molecular weight is 407 g/mol. The summed E-state index contributed by atoms with van der Waals surface area (Å²) >= 11 is 0. The Balaban J connectivity index is 1.80. The van der Waals surface area contributed by atoms with Gasteiger partial charge in [0.2, 0.25) is 0 Å². The molecule has 2 N–H and O–H groups in total. The van der Waals surface area contributed by atoms with Gasteiger partial charge in [-0.1, -0.05) is 48.5 Å². The Bertz CT molecular complexity index is 1120. The standard InChI is InChI=1S/C22H18FN3O2S/c23-18-12-6-4-10-16(18)20-17-11-5-7-13-19(17)26(22(27)21(24)25-20)14-29(28)15-8-2-1-3-9-15/h1-13,21H,14,24H2. The van der Waals surface area contributed by atoms with Gasteiger partial charge in [-0.25, -0.2) is 4.39 Å². The lowest BCUT2D eigenvalue weighted by molar-refractivity contribution is -0.119. The van der Waals surface area contributed by atoms with E-state index in [1.54, 1.807) is 66.7 Å². The van der Waals surface area contributed by atoms with Crippen LogP contribution in [0, 0.1) is 5.82 Å². The molecule has 0 radical (unpaired) electrons. The number of para-hydroxylation sites is 1. The molecule has 0 saturated heterocycles. The van der Waals surface area contributed by atoms with Crippen LogP contribution in [0.4, 0.5) is 10.1 Å². The Labute approximate surface area is 170 Å². The number of halogens is 1. The van der Waals surface area contributed by atoms with E-state index in [-0.39, 0.29) is 11.4 Å². The maximum atomic E-state index is 14.5. The highest BCUT2D eigenvalue weighted by Crippen LogP contribution is 2.29. The Morgan fingerprint density at radius 3 is 2.28 bits per heavy atom. The maximum absolute atomic E-state index is 14.5. The van der Waals surface area contributed by atoms with Gasteiger partial charge < -0.3 is 5.73 Å². The van der Waals surface area contributed by atoms with E-state index in [0.29, 0.717) is 21.9 Å². The number of anilines is 1. The van der Waals surface area contributed by atoms with Gasteiger partial charge in [-0.2, -0.15) is 0 Å². The van der Waals surface area contributed by atoms with Crippen molar-refractivity contribution in [1.29, 1.82) is 0 Å². The zero-order valence-corrected chi connectivity index (χ0v) is 16.2. The zero-order valence-electron chi connectivity index (χ0n) is 15.4. The van der Waals surface area contributed by atoms with Crippen molar-refractivity contribution >= 4 is 28.1 Å². The molecular weight excluding hydrogens is 389 g/mol. The number of nitrogens with zero attached hydrogens (tertiary/aromatic N) is 2. The molecule has 3 aromatic carbocycles. The van der Waals surface area contributed by atoms with E-state index in [9.17, 15) is 13.4 Å². The molecule has 0 saturated carbocycles. The van der Waals surface area contributed by atoms with Gasteiger partial charge >= 0.3 is 0 Å². The SMILES string of the molecule is NC1N=C(c2ccccc2F)c2ccccc2N(CS(=O)c2ccccc2)C1=O. The van der Waals surface area contributed by atoms with E-state index < -0.39 is 28.7 Å². The first-order chi connectivity index (χ1) is 14.1. The number of nitrogens with two attached hydrogens (primary N) is 1. The average Bonchev–Trinajstić information content (AvgIpc) is 2.85. The topological polar surface area (TPSA) is 75.8 Å². The third kappa shape index (κ3) is 3.74. The van der Waals surface area contributed by atoms with Crippen LogP contribution in [-0.4, -0.2) is 27.9 Å². The van der Waals surface area contributed by atoms with E-state index >= 15 is 0 Å². The van der Waals surface area contributed by atoms with Crippen LogP contribution in [-0.2, 0) is 15.6 Å². The van der Waals surface area contributed by atoms with Gasteiger partial charge in [0.1, 0.15) is 11.7 Å². The largest absolute Gasteiger partial charge is 0.302 e. The van der Waals surface area contributed by atoms with Crippen LogP contribution in [0.15, 0.2) is 88.8 Å². The molecule has 0 spiro atoms. The minimum atomic E-state index is -1.47. The van der Waals surface area contributed by atoms with Crippen molar-refractivity contribution in [1.82, 2.24) is 0 Å². The van der Waals surface area contributed by atoms with Gasteiger partial charge in [-0.3, -0.25) is 18.9 Å². The molecule has 1 aliphatic rings. The predicted octanol–water partition coefficient (Wildman–Crippen LogP) is 3.06. The first kappa shape index (κ1) is 19.2. The van der Waals surface area contributed by atoms with Crippen LogP contribution >= 0.6 is 0 Å². The highest BCUT2D eigenvalue weighted by atomic mass is 32.2. The molecule has 2 unspecified atom stereocenters. The van der Waals surface area contributed by atoms with Gasteiger partial charge in [0.25, 0.3) is 5.91 Å². The van der Waals surface area contributed by atoms with Gasteiger partial charge in [0.05, 0.1) is 22.2 Å². The maximum Gasteiger partial charge on any atom is 0.267 e. The second kappa shape index (κ2) is 8.06. The summed E-state index contributed by atoms with van der Waals surface area (Å²) in [5.41, 5.74) is 7.65. The van der Waals surface area contributed by atoms with E-state index in [2.05, 4.69) is 4.99 Å². The number of rotatable bonds is 4. The number of carbonyl (C=O) groups excluding carboxylic acids is 1. The fourth-order valence-electron chi connectivity index (χ4n) is 3.22. The number of benzodiazepines with no additional fused rings is 1. The molecule has 7 heteroatoms. The van der Waals surface area contributed by atoms with Crippen molar-refractivity contribution in [3.8, 4) is 0 Å². The molecule has 0 fully saturated rings. The molecule has 2 atom stereocenters. The van der Waals surface area contributed by atoms with Gasteiger partial charge in [-0.15, -0.1) is 0 Å². The zero-order chi connectivity index (χ0) is 20.4. The molecule has 29 heavy (non-hydrogen) atoms. The van der Waals surface area contributed by atoms with Crippen LogP contribution in [0.1, 0.15) is 11.1 Å². The summed E-state index contributed by atoms with van der Waals surface area (Å²) in [5.74, 6) is -1.02. The smallest absolute Gasteiger partial charge is 0.267 e. The van der Waals surface area contributed by atoms with Gasteiger partial charge in [-0.05, 0) is 30.3 Å². The molecule has 4 rings (SSSR count). The Hall–Kier alpha value is -3.16. The number of benzene rings is 3. The first-order valence-electron chi connectivity index (χ1n) is 8.99. The number of fused-ring (bicyclic) bond motifs is 1. The molecular formula is C22H18FN3O2S. The summed E-state index contributed by atoms with van der Waals surface area (Å²) in [6.45, 7) is 0. The Morgan fingerprint density at radius 1 is 0.931 bits per heavy atom. The van der Waals surface area contributed by atoms with Crippen molar-refractivity contribution in [2.75, 3.05) is 10.8 Å². The molecule has 5 nitrogen and oxygen atoms in total. The Kier molecular flexibility index (Phi) is 5.33. The summed E-state index contributed by atoms with van der Waals surface area (Å²) in [6.07, 6.45) is -1.23. The monoisotopic (exact) mass is 407 g/mol. The minimum absolute atomic E-state index is 0.0758. The van der Waals surface area contributed by atoms with E-state index in [1.807, 2.05) is 6.07 Å². The van der Waals surface area contributed by atoms with Gasteiger partial charge in [0.15, 0.2) is 6.17 Å². The van der Waals surface area contributed by atoms with Crippen molar-refractivity contribution in [3.63, 3.8) is 0 Å². The lowest BCUT2D eigenvalue weighted by Gasteiger charge is -2.23. The Morgan fingerprint density at radius 2 is 1.55 bits per heavy atom. The molecule has 3 aromatic rings. The predicted molar refractivity (Wildman–Crippen MR) is 112 cm³/mol. The highest BCUT2D eigenvalue weighted by molar-refractivity contribution is 7.85. The lowest BCUT2D eigenvalue weighted by Crippen LogP contribution is -2.43. The number of hydrogen-bond donors (Lipinski definition) is 1. The normalized spacial score (nSPS) is 17.3. The third-order valence-corrected chi connectivity index (χ3v) is 5.91. The number of hydrogen-bond acceptors (Lipinski definition) is 4. The van der Waals surface area contributed by atoms with Crippen molar-refractivity contribution in [2.24, 2.45) is 10.7 Å². The van der Waals surface area contributed by atoms with Crippen molar-refractivity contribution in [3.05, 3.63) is 95.8 Å². The van der Waals surface area contributed by atoms with E-state index in [1.165, 1.54) is 11.0 Å². The molecule has 1 heterocycles. The fourth-order valence-corrected chi connectivity index (χ4v) is 4.33. The van der Waals surface area contributed by atoms with Crippen LogP contribution in [0.2, 0.25) is 0 Å². The summed E-state index contributed by atoms with van der Waals surface area (Å²) in [6, 6.07) is 22.1. The number of amides is 1. The van der Waals surface area contributed by atoms with Crippen molar-refractivity contribution in [2.45, 2.75) is 11.1 Å². The number of aliphatic imine (C=N–C) groups is 1. The summed E-state index contributed by atoms with van der Waals surface area (Å²) in [7, 11) is -1.47. The number of carbonyl (C=O) groups is 1.